The zero-order valence-corrected chi connectivity index (χ0v) is 12.3. The van der Waals surface area contributed by atoms with E-state index in [1.54, 1.807) is 12.1 Å². The van der Waals surface area contributed by atoms with Gasteiger partial charge in [-0.15, -0.1) is 0 Å². The molecule has 0 aromatic heterocycles. The van der Waals surface area contributed by atoms with Gasteiger partial charge in [0.25, 0.3) is 0 Å². The maximum absolute atomic E-state index is 11.0. The molecular formula is C12H13NaO2S. The van der Waals surface area contributed by atoms with Crippen LogP contribution in [0, 0.1) is 0 Å². The molecule has 1 unspecified atom stereocenters. The van der Waals surface area contributed by atoms with Gasteiger partial charge in [0.15, 0.2) is 11.1 Å². The van der Waals surface area contributed by atoms with E-state index in [-0.39, 0.29) is 31.0 Å². The average Bonchev–Trinajstić information content (AvgIpc) is 2.27. The van der Waals surface area contributed by atoms with Crippen molar-refractivity contribution in [3.8, 4) is 0 Å². The summed E-state index contributed by atoms with van der Waals surface area (Å²) in [7, 11) is 0. The molecule has 0 saturated carbocycles. The van der Waals surface area contributed by atoms with Gasteiger partial charge in [0, 0.05) is 0 Å². The third-order valence-corrected chi connectivity index (χ3v) is 3.18. The van der Waals surface area contributed by atoms with E-state index in [1.165, 1.54) is 5.56 Å². The van der Waals surface area contributed by atoms with Crippen molar-refractivity contribution < 1.29 is 39.7 Å². The Morgan fingerprint density at radius 2 is 2.06 bits per heavy atom. The summed E-state index contributed by atoms with van der Waals surface area (Å²) in [5.41, 5.74) is 1.21. The van der Waals surface area contributed by atoms with Crippen molar-refractivity contribution in [2.75, 3.05) is 0 Å². The minimum absolute atomic E-state index is 0. The molecule has 1 atom stereocenters. The summed E-state index contributed by atoms with van der Waals surface area (Å²) in [6.45, 7) is 2.08. The van der Waals surface area contributed by atoms with Crippen LogP contribution in [0.15, 0.2) is 41.3 Å². The second-order valence-electron chi connectivity index (χ2n) is 3.40. The van der Waals surface area contributed by atoms with Crippen molar-refractivity contribution in [1.29, 1.82) is 0 Å². The Labute approximate surface area is 121 Å². The Balaban J connectivity index is 0.00000128. The molecule has 0 radical (unpaired) electrons. The van der Waals surface area contributed by atoms with E-state index < -0.39 is 11.1 Å². The molecule has 0 saturated heterocycles. The Hall–Kier alpha value is -0.190. The molecule has 0 aliphatic rings. The summed E-state index contributed by atoms with van der Waals surface area (Å²) in [4.78, 5) is 0.461. The Morgan fingerprint density at radius 3 is 2.69 bits per heavy atom. The Kier molecular flexibility index (Phi) is 5.15. The van der Waals surface area contributed by atoms with Gasteiger partial charge in [-0.25, -0.2) is 4.21 Å². The molecular weight excluding hydrogens is 231 g/mol. The summed E-state index contributed by atoms with van der Waals surface area (Å²) < 4.78 is 20.0. The fourth-order valence-electron chi connectivity index (χ4n) is 1.73. The van der Waals surface area contributed by atoms with E-state index in [9.17, 15) is 4.21 Å². The number of aryl methyl sites for hydroxylation is 1. The summed E-state index contributed by atoms with van der Waals surface area (Å²) >= 11 is -1.90. The normalized spacial score (nSPS) is 12.1. The minimum atomic E-state index is -1.90. The van der Waals surface area contributed by atoms with Crippen LogP contribution in [0.2, 0.25) is 0 Å². The summed E-state index contributed by atoms with van der Waals surface area (Å²) in [6.07, 6.45) is 0.929. The molecule has 0 aliphatic carbocycles. The van der Waals surface area contributed by atoms with Crippen LogP contribution in [0.4, 0.5) is 0 Å². The van der Waals surface area contributed by atoms with Gasteiger partial charge in [-0.05, 0) is 34.9 Å². The summed E-state index contributed by atoms with van der Waals surface area (Å²) in [5, 5.41) is 2.18. The van der Waals surface area contributed by atoms with Gasteiger partial charge in [-0.1, -0.05) is 31.2 Å². The summed E-state index contributed by atoms with van der Waals surface area (Å²) in [5.74, 6) is 0. The number of fused-ring (bicyclic) bond motifs is 1. The van der Waals surface area contributed by atoms with Gasteiger partial charge in [0.2, 0.25) is 0 Å². The maximum atomic E-state index is 11.0. The largest absolute Gasteiger partial charge is 1.00 e. The monoisotopic (exact) mass is 244 g/mol. The van der Waals surface area contributed by atoms with Crippen LogP contribution in [0.5, 0.6) is 0 Å². The number of rotatable bonds is 2. The molecule has 0 fully saturated rings. The van der Waals surface area contributed by atoms with Crippen molar-refractivity contribution in [2.45, 2.75) is 18.2 Å². The Morgan fingerprint density at radius 1 is 1.31 bits per heavy atom. The number of benzene rings is 2. The van der Waals surface area contributed by atoms with Crippen molar-refractivity contribution in [2.24, 2.45) is 0 Å². The van der Waals surface area contributed by atoms with Crippen molar-refractivity contribution in [1.82, 2.24) is 0 Å². The molecule has 2 rings (SSSR count). The van der Waals surface area contributed by atoms with Crippen molar-refractivity contribution in [3.05, 3.63) is 42.0 Å². The zero-order chi connectivity index (χ0) is 10.8. The van der Waals surface area contributed by atoms with Crippen LogP contribution in [0.1, 0.15) is 13.9 Å². The topological polar surface area (TPSA) is 37.3 Å². The third-order valence-electron chi connectivity index (χ3n) is 2.53. The molecule has 2 nitrogen and oxygen atoms in total. The predicted molar refractivity (Wildman–Crippen MR) is 63.5 cm³/mol. The van der Waals surface area contributed by atoms with E-state index >= 15 is 0 Å². The smallest absolute Gasteiger partial charge is 1.00 e. The molecule has 0 spiro atoms. The fraction of sp³-hybridized carbons (Fsp3) is 0.167. The Bertz CT molecular complexity index is 531. The molecule has 0 heterocycles. The molecule has 1 N–H and O–H groups in total. The minimum Gasteiger partial charge on any atom is -1.00 e. The fourth-order valence-corrected chi connectivity index (χ4v) is 2.14. The first-order valence-electron chi connectivity index (χ1n) is 4.85. The van der Waals surface area contributed by atoms with Gasteiger partial charge < -0.3 is 5.98 Å². The molecule has 4 heteroatoms. The van der Waals surface area contributed by atoms with Crippen LogP contribution in [-0.2, 0) is 17.5 Å². The summed E-state index contributed by atoms with van der Waals surface area (Å²) in [6, 6.07) is 11.4. The maximum Gasteiger partial charge on any atom is 1.00 e. The van der Waals surface area contributed by atoms with Crippen LogP contribution in [0.3, 0.4) is 0 Å². The van der Waals surface area contributed by atoms with Crippen molar-refractivity contribution >= 4 is 21.9 Å². The second kappa shape index (κ2) is 5.94. The quantitative estimate of drug-likeness (QED) is 0.601. The zero-order valence-electron chi connectivity index (χ0n) is 10.4. The van der Waals surface area contributed by atoms with Crippen LogP contribution in [0.25, 0.3) is 10.8 Å². The first kappa shape index (κ1) is 13.9. The molecule has 80 valence electrons. The van der Waals surface area contributed by atoms with E-state index in [0.717, 1.165) is 17.2 Å². The van der Waals surface area contributed by atoms with Gasteiger partial charge in [0.05, 0.1) is 4.90 Å². The molecule has 0 amide bonds. The van der Waals surface area contributed by atoms with Gasteiger partial charge >= 0.3 is 29.6 Å². The molecule has 0 bridgehead atoms. The first-order valence-corrected chi connectivity index (χ1v) is 5.95. The van der Waals surface area contributed by atoms with Gasteiger partial charge in [-0.2, -0.15) is 0 Å². The molecule has 2 aromatic carbocycles. The van der Waals surface area contributed by atoms with E-state index in [0.29, 0.717) is 4.90 Å². The first-order chi connectivity index (χ1) is 7.22. The number of hydrogen-bond acceptors (Lipinski definition) is 1. The standard InChI is InChI=1S/C12H12O2S.Na.H/c1-2-9-4-3-5-10-6-7-11(15(13)14)8-12(9)10;;/h3-8H,2H2,1H3,(H,13,14);;/q;+1;-1. The molecule has 0 aliphatic heterocycles. The van der Waals surface area contributed by atoms with Crippen molar-refractivity contribution in [3.63, 3.8) is 0 Å². The van der Waals surface area contributed by atoms with Crippen LogP contribution >= 0.6 is 0 Å². The molecule has 2 aromatic rings. The van der Waals surface area contributed by atoms with Gasteiger partial charge in [-0.3, -0.25) is 0 Å². The van der Waals surface area contributed by atoms with E-state index in [2.05, 4.69) is 6.92 Å². The van der Waals surface area contributed by atoms with Crippen LogP contribution < -0.4 is 29.6 Å². The van der Waals surface area contributed by atoms with Crippen LogP contribution in [-0.4, -0.2) is 8.76 Å². The second-order valence-corrected chi connectivity index (χ2v) is 4.37. The van der Waals surface area contributed by atoms with E-state index in [4.69, 9.17) is 4.55 Å². The van der Waals surface area contributed by atoms with Gasteiger partial charge in [0.1, 0.15) is 0 Å². The number of hydrogen-bond donors (Lipinski definition) is 1. The predicted octanol–water partition coefficient (Wildman–Crippen LogP) is 0.0993. The SMILES string of the molecule is CCc1cccc2ccc(S(=O)O)cc12.[H-].[Na+]. The average molecular weight is 244 g/mol. The molecule has 16 heavy (non-hydrogen) atoms. The van der Waals surface area contributed by atoms with E-state index in [1.807, 2.05) is 24.3 Å². The third kappa shape index (κ3) is 2.73.